The molecular weight excluding hydrogens is 250 g/mol. The first kappa shape index (κ1) is 13.4. The van der Waals surface area contributed by atoms with Gasteiger partial charge in [0, 0.05) is 13.0 Å². The van der Waals surface area contributed by atoms with Crippen molar-refractivity contribution in [2.45, 2.75) is 25.0 Å². The van der Waals surface area contributed by atoms with E-state index in [-0.39, 0.29) is 31.0 Å². The fourth-order valence-corrected chi connectivity index (χ4v) is 2.21. The molecule has 2 unspecified atom stereocenters. The Morgan fingerprint density at radius 2 is 1.89 bits per heavy atom. The standard InChI is InChI=1S/C13H15NO5/c15-9-3-1-8(2-4-9)5-12(17)14-7-10(16)6-11(14)13(18)19/h1-4,10-11,15-16H,5-7H2,(H,18,19). The Morgan fingerprint density at radius 1 is 1.26 bits per heavy atom. The van der Waals surface area contributed by atoms with Crippen LogP contribution in [0.1, 0.15) is 12.0 Å². The molecule has 0 radical (unpaired) electrons. The molecule has 6 heteroatoms. The van der Waals surface area contributed by atoms with Gasteiger partial charge in [0.25, 0.3) is 0 Å². The number of nitrogens with zero attached hydrogens (tertiary/aromatic N) is 1. The molecule has 1 amide bonds. The number of phenolic OH excluding ortho intramolecular Hbond substituents is 1. The number of aliphatic hydroxyl groups excluding tert-OH is 1. The first-order valence-corrected chi connectivity index (χ1v) is 5.95. The molecule has 1 heterocycles. The third-order valence-corrected chi connectivity index (χ3v) is 3.18. The maximum Gasteiger partial charge on any atom is 0.326 e. The van der Waals surface area contributed by atoms with Gasteiger partial charge >= 0.3 is 5.97 Å². The fraction of sp³-hybridized carbons (Fsp3) is 0.385. The van der Waals surface area contributed by atoms with E-state index in [9.17, 15) is 14.7 Å². The lowest BCUT2D eigenvalue weighted by atomic mass is 10.1. The number of aromatic hydroxyl groups is 1. The van der Waals surface area contributed by atoms with Gasteiger partial charge in [0.1, 0.15) is 11.8 Å². The smallest absolute Gasteiger partial charge is 0.326 e. The summed E-state index contributed by atoms with van der Waals surface area (Å²) in [5.41, 5.74) is 0.688. The predicted octanol–water partition coefficient (Wildman–Crippen LogP) is -0.0189. The molecule has 6 nitrogen and oxygen atoms in total. The number of carboxylic acids is 1. The summed E-state index contributed by atoms with van der Waals surface area (Å²) in [6.07, 6.45) is -0.669. The Kier molecular flexibility index (Phi) is 3.71. The minimum Gasteiger partial charge on any atom is -0.508 e. The number of hydrogen-bond acceptors (Lipinski definition) is 4. The van der Waals surface area contributed by atoms with Crippen LogP contribution in [0, 0.1) is 0 Å². The van der Waals surface area contributed by atoms with E-state index in [0.717, 1.165) is 0 Å². The molecule has 1 aromatic rings. The van der Waals surface area contributed by atoms with Crippen LogP contribution in [-0.2, 0) is 16.0 Å². The van der Waals surface area contributed by atoms with Gasteiger partial charge in [0.05, 0.1) is 12.5 Å². The first-order chi connectivity index (χ1) is 8.97. The number of aliphatic hydroxyl groups is 1. The summed E-state index contributed by atoms with van der Waals surface area (Å²) in [6, 6.07) is 5.19. The van der Waals surface area contributed by atoms with Crippen LogP contribution in [0.2, 0.25) is 0 Å². The highest BCUT2D eigenvalue weighted by Gasteiger charge is 2.38. The van der Waals surface area contributed by atoms with Gasteiger partial charge < -0.3 is 20.2 Å². The van der Waals surface area contributed by atoms with Crippen molar-refractivity contribution in [3.63, 3.8) is 0 Å². The predicted molar refractivity (Wildman–Crippen MR) is 65.6 cm³/mol. The quantitative estimate of drug-likeness (QED) is 0.713. The highest BCUT2D eigenvalue weighted by molar-refractivity contribution is 5.85. The fourth-order valence-electron chi connectivity index (χ4n) is 2.21. The van der Waals surface area contributed by atoms with Crippen LogP contribution < -0.4 is 0 Å². The van der Waals surface area contributed by atoms with Crippen molar-refractivity contribution < 1.29 is 24.9 Å². The van der Waals surface area contributed by atoms with E-state index < -0.39 is 18.1 Å². The molecule has 1 aliphatic heterocycles. The average Bonchev–Trinajstić information content (AvgIpc) is 2.74. The van der Waals surface area contributed by atoms with Crippen LogP contribution in [0.15, 0.2) is 24.3 Å². The van der Waals surface area contributed by atoms with Crippen molar-refractivity contribution in [1.82, 2.24) is 4.90 Å². The van der Waals surface area contributed by atoms with Crippen LogP contribution in [0.5, 0.6) is 5.75 Å². The van der Waals surface area contributed by atoms with Crippen molar-refractivity contribution in [1.29, 1.82) is 0 Å². The van der Waals surface area contributed by atoms with E-state index in [4.69, 9.17) is 10.2 Å². The number of phenols is 1. The van der Waals surface area contributed by atoms with E-state index in [1.807, 2.05) is 0 Å². The number of β-amino-alcohol motifs (C(OH)–C–C–N with tert-alkyl or cyclic N) is 1. The maximum atomic E-state index is 12.0. The van der Waals surface area contributed by atoms with Gasteiger partial charge in [-0.25, -0.2) is 4.79 Å². The number of aliphatic carboxylic acids is 1. The molecule has 1 fully saturated rings. The van der Waals surface area contributed by atoms with E-state index in [2.05, 4.69) is 0 Å². The molecule has 0 aromatic heterocycles. The molecule has 0 spiro atoms. The molecule has 1 aliphatic rings. The second-order valence-electron chi connectivity index (χ2n) is 4.63. The van der Waals surface area contributed by atoms with Crippen LogP contribution in [0.25, 0.3) is 0 Å². The van der Waals surface area contributed by atoms with Gasteiger partial charge in [-0.05, 0) is 17.7 Å². The van der Waals surface area contributed by atoms with E-state index >= 15 is 0 Å². The van der Waals surface area contributed by atoms with Crippen LogP contribution in [0.3, 0.4) is 0 Å². The van der Waals surface area contributed by atoms with Gasteiger partial charge in [-0.2, -0.15) is 0 Å². The summed E-state index contributed by atoms with van der Waals surface area (Å²) in [5, 5.41) is 27.6. The Hall–Kier alpha value is -2.08. The SMILES string of the molecule is O=C(O)C1CC(O)CN1C(=O)Cc1ccc(O)cc1. The van der Waals surface area contributed by atoms with Crippen molar-refractivity contribution in [3.8, 4) is 5.75 Å². The molecule has 1 saturated heterocycles. The zero-order valence-corrected chi connectivity index (χ0v) is 10.2. The van der Waals surface area contributed by atoms with Crippen LogP contribution >= 0.6 is 0 Å². The minimum atomic E-state index is -1.10. The van der Waals surface area contributed by atoms with Gasteiger partial charge in [0.15, 0.2) is 0 Å². The number of rotatable bonds is 3. The summed E-state index contributed by atoms with van der Waals surface area (Å²) in [7, 11) is 0. The number of benzene rings is 1. The first-order valence-electron chi connectivity index (χ1n) is 5.95. The number of likely N-dealkylation sites (tertiary alicyclic amines) is 1. The number of carbonyl (C=O) groups excluding carboxylic acids is 1. The minimum absolute atomic E-state index is 0.0495. The summed E-state index contributed by atoms with van der Waals surface area (Å²) in [6.45, 7) is 0.0495. The van der Waals surface area contributed by atoms with Crippen molar-refractivity contribution in [2.75, 3.05) is 6.54 Å². The van der Waals surface area contributed by atoms with E-state index in [1.165, 1.54) is 17.0 Å². The number of carbonyl (C=O) groups is 2. The molecule has 19 heavy (non-hydrogen) atoms. The average molecular weight is 265 g/mol. The molecule has 2 rings (SSSR count). The van der Waals surface area contributed by atoms with Crippen molar-refractivity contribution >= 4 is 11.9 Å². The second-order valence-corrected chi connectivity index (χ2v) is 4.63. The molecule has 0 saturated carbocycles. The normalized spacial score (nSPS) is 22.5. The molecule has 1 aromatic carbocycles. The molecule has 102 valence electrons. The third-order valence-electron chi connectivity index (χ3n) is 3.18. The summed E-state index contributed by atoms with van der Waals surface area (Å²) in [5.74, 6) is -1.33. The van der Waals surface area contributed by atoms with Crippen LogP contribution in [0.4, 0.5) is 0 Å². The highest BCUT2D eigenvalue weighted by atomic mass is 16.4. The van der Waals surface area contributed by atoms with Gasteiger partial charge in [-0.15, -0.1) is 0 Å². The Labute approximate surface area is 109 Å². The van der Waals surface area contributed by atoms with Crippen LogP contribution in [-0.4, -0.2) is 50.8 Å². The molecule has 0 aliphatic carbocycles. The number of amides is 1. The molecular formula is C13H15NO5. The largest absolute Gasteiger partial charge is 0.508 e. The van der Waals surface area contributed by atoms with Gasteiger partial charge in [0.2, 0.25) is 5.91 Å². The molecule has 2 atom stereocenters. The zero-order valence-electron chi connectivity index (χ0n) is 10.2. The lowest BCUT2D eigenvalue weighted by Crippen LogP contribution is -2.41. The maximum absolute atomic E-state index is 12.0. The zero-order chi connectivity index (χ0) is 14.0. The second kappa shape index (κ2) is 5.27. The van der Waals surface area contributed by atoms with E-state index in [0.29, 0.717) is 5.56 Å². The van der Waals surface area contributed by atoms with E-state index in [1.54, 1.807) is 12.1 Å². The Balaban J connectivity index is 2.06. The van der Waals surface area contributed by atoms with Crippen molar-refractivity contribution in [2.24, 2.45) is 0 Å². The van der Waals surface area contributed by atoms with Gasteiger partial charge in [-0.3, -0.25) is 4.79 Å². The van der Waals surface area contributed by atoms with Gasteiger partial charge in [-0.1, -0.05) is 12.1 Å². The lowest BCUT2D eigenvalue weighted by molar-refractivity contribution is -0.148. The Morgan fingerprint density at radius 3 is 2.47 bits per heavy atom. The lowest BCUT2D eigenvalue weighted by Gasteiger charge is -2.21. The molecule has 0 bridgehead atoms. The Bertz CT molecular complexity index is 484. The monoisotopic (exact) mass is 265 g/mol. The summed E-state index contributed by atoms with van der Waals surface area (Å²) < 4.78 is 0. The number of carboxylic acid groups (broad SMARTS) is 1. The summed E-state index contributed by atoms with van der Waals surface area (Å²) >= 11 is 0. The highest BCUT2D eigenvalue weighted by Crippen LogP contribution is 2.20. The topological polar surface area (TPSA) is 98.1 Å². The van der Waals surface area contributed by atoms with Crippen molar-refractivity contribution in [3.05, 3.63) is 29.8 Å². The summed E-state index contributed by atoms with van der Waals surface area (Å²) in [4.78, 5) is 24.3. The number of hydrogen-bond donors (Lipinski definition) is 3. The third kappa shape index (κ3) is 3.03. The molecule has 3 N–H and O–H groups in total.